The van der Waals surface area contributed by atoms with Gasteiger partial charge in [-0.15, -0.1) is 0 Å². The number of carbonyl (C=O) groups excluding carboxylic acids is 1. The van der Waals surface area contributed by atoms with E-state index in [-0.39, 0.29) is 6.03 Å². The van der Waals surface area contributed by atoms with Gasteiger partial charge in [0, 0.05) is 45.0 Å². The first-order valence-electron chi connectivity index (χ1n) is 8.83. The molecule has 0 radical (unpaired) electrons. The van der Waals surface area contributed by atoms with E-state index >= 15 is 0 Å². The van der Waals surface area contributed by atoms with E-state index in [1.165, 1.54) is 0 Å². The van der Waals surface area contributed by atoms with Crippen LogP contribution in [0.4, 0.5) is 10.5 Å². The summed E-state index contributed by atoms with van der Waals surface area (Å²) in [4.78, 5) is 16.5. The number of piperazine rings is 1. The average Bonchev–Trinajstić information content (AvgIpc) is 2.58. The molecule has 6 heteroatoms. The van der Waals surface area contributed by atoms with Gasteiger partial charge in [-0.05, 0) is 37.9 Å². The van der Waals surface area contributed by atoms with Crippen LogP contribution >= 0.6 is 0 Å². The Morgan fingerprint density at radius 1 is 1.29 bits per heavy atom. The summed E-state index contributed by atoms with van der Waals surface area (Å²) < 4.78 is 0. The van der Waals surface area contributed by atoms with E-state index in [2.05, 4.69) is 15.5 Å². The molecule has 0 unspecified atom stereocenters. The molecule has 2 saturated heterocycles. The van der Waals surface area contributed by atoms with Crippen molar-refractivity contribution in [1.29, 1.82) is 0 Å². The Morgan fingerprint density at radius 3 is 2.71 bits per heavy atom. The predicted molar refractivity (Wildman–Crippen MR) is 95.3 cm³/mol. The van der Waals surface area contributed by atoms with E-state index < -0.39 is 5.60 Å². The number of carbonyl (C=O) groups is 1. The number of nitrogens with zero attached hydrogens (tertiary/aromatic N) is 2. The van der Waals surface area contributed by atoms with Crippen LogP contribution < -0.4 is 10.6 Å². The standard InChI is InChI=1S/C18H28N4O2/c1-15-5-2-3-6-16(15)20-17(23)22-11-9-21(10-12-22)14-18(24)7-4-8-19-13-18/h2-3,5-6,19,24H,4,7-14H2,1H3,(H,20,23)/t18-/m0/s1. The van der Waals surface area contributed by atoms with Crippen LogP contribution in [0.5, 0.6) is 0 Å². The number of hydrogen-bond acceptors (Lipinski definition) is 4. The van der Waals surface area contributed by atoms with Crippen LogP contribution in [0.15, 0.2) is 24.3 Å². The number of benzene rings is 1. The zero-order valence-corrected chi connectivity index (χ0v) is 14.4. The summed E-state index contributed by atoms with van der Waals surface area (Å²) in [5, 5.41) is 16.9. The fraction of sp³-hybridized carbons (Fsp3) is 0.611. The van der Waals surface area contributed by atoms with Gasteiger partial charge in [-0.1, -0.05) is 18.2 Å². The van der Waals surface area contributed by atoms with Crippen molar-refractivity contribution in [2.45, 2.75) is 25.4 Å². The smallest absolute Gasteiger partial charge is 0.321 e. The number of piperidine rings is 1. The molecule has 0 bridgehead atoms. The molecule has 132 valence electrons. The van der Waals surface area contributed by atoms with Crippen LogP contribution in [0.2, 0.25) is 0 Å². The van der Waals surface area contributed by atoms with E-state index in [1.54, 1.807) is 0 Å². The Balaban J connectivity index is 1.48. The number of para-hydroxylation sites is 1. The summed E-state index contributed by atoms with van der Waals surface area (Å²) in [6.45, 7) is 7.35. The lowest BCUT2D eigenvalue weighted by molar-refractivity contribution is -0.0227. The molecule has 3 N–H and O–H groups in total. The van der Waals surface area contributed by atoms with Gasteiger partial charge >= 0.3 is 6.03 Å². The summed E-state index contributed by atoms with van der Waals surface area (Å²) in [7, 11) is 0. The first-order chi connectivity index (χ1) is 11.6. The Labute approximate surface area is 143 Å². The lowest BCUT2D eigenvalue weighted by Gasteiger charge is -2.41. The van der Waals surface area contributed by atoms with Crippen LogP contribution in [-0.4, -0.2) is 72.4 Å². The second kappa shape index (κ2) is 7.51. The van der Waals surface area contributed by atoms with Crippen molar-refractivity contribution < 1.29 is 9.90 Å². The average molecular weight is 332 g/mol. The molecule has 2 aliphatic rings. The number of nitrogens with one attached hydrogen (secondary N) is 2. The minimum atomic E-state index is -0.621. The zero-order valence-electron chi connectivity index (χ0n) is 14.4. The summed E-state index contributed by atoms with van der Waals surface area (Å²) in [5.74, 6) is 0. The molecular formula is C18H28N4O2. The molecule has 0 aliphatic carbocycles. The molecule has 2 heterocycles. The minimum absolute atomic E-state index is 0.0398. The second-order valence-electron chi connectivity index (χ2n) is 7.01. The molecule has 0 spiro atoms. The molecule has 2 fully saturated rings. The third kappa shape index (κ3) is 4.26. The first-order valence-corrected chi connectivity index (χ1v) is 8.83. The Morgan fingerprint density at radius 2 is 2.04 bits per heavy atom. The van der Waals surface area contributed by atoms with Gasteiger partial charge in [0.25, 0.3) is 0 Å². The Hall–Kier alpha value is -1.63. The molecule has 1 aromatic rings. The van der Waals surface area contributed by atoms with Crippen LogP contribution in [0.1, 0.15) is 18.4 Å². The fourth-order valence-corrected chi connectivity index (χ4v) is 3.52. The van der Waals surface area contributed by atoms with Crippen molar-refractivity contribution in [1.82, 2.24) is 15.1 Å². The first kappa shape index (κ1) is 17.2. The van der Waals surface area contributed by atoms with Crippen molar-refractivity contribution in [3.05, 3.63) is 29.8 Å². The number of aryl methyl sites for hydroxylation is 1. The third-order valence-corrected chi connectivity index (χ3v) is 5.01. The molecule has 0 saturated carbocycles. The molecule has 1 aromatic carbocycles. The highest BCUT2D eigenvalue weighted by molar-refractivity contribution is 5.90. The van der Waals surface area contributed by atoms with Gasteiger partial charge in [-0.25, -0.2) is 4.79 Å². The minimum Gasteiger partial charge on any atom is -0.387 e. The van der Waals surface area contributed by atoms with E-state index in [1.807, 2.05) is 36.1 Å². The van der Waals surface area contributed by atoms with Crippen LogP contribution in [0, 0.1) is 6.92 Å². The maximum absolute atomic E-state index is 12.4. The second-order valence-corrected chi connectivity index (χ2v) is 7.01. The summed E-state index contributed by atoms with van der Waals surface area (Å²) >= 11 is 0. The van der Waals surface area contributed by atoms with Crippen LogP contribution in [-0.2, 0) is 0 Å². The largest absolute Gasteiger partial charge is 0.387 e. The highest BCUT2D eigenvalue weighted by Gasteiger charge is 2.33. The highest BCUT2D eigenvalue weighted by atomic mass is 16.3. The quantitative estimate of drug-likeness (QED) is 0.779. The van der Waals surface area contributed by atoms with Crippen LogP contribution in [0.25, 0.3) is 0 Å². The van der Waals surface area contributed by atoms with Gasteiger partial charge in [0.15, 0.2) is 0 Å². The third-order valence-electron chi connectivity index (χ3n) is 5.01. The van der Waals surface area contributed by atoms with Gasteiger partial charge in [-0.2, -0.15) is 0 Å². The Kier molecular flexibility index (Phi) is 5.38. The molecular weight excluding hydrogens is 304 g/mol. The number of β-amino-alcohol motifs (C(OH)–C–C–N with tert-alkyl or cyclic N) is 1. The highest BCUT2D eigenvalue weighted by Crippen LogP contribution is 2.19. The number of hydrogen-bond donors (Lipinski definition) is 3. The molecule has 1 atom stereocenters. The maximum atomic E-state index is 12.4. The van der Waals surface area contributed by atoms with Crippen LogP contribution in [0.3, 0.4) is 0 Å². The maximum Gasteiger partial charge on any atom is 0.321 e. The van der Waals surface area contributed by atoms with Gasteiger partial charge < -0.3 is 20.6 Å². The lowest BCUT2D eigenvalue weighted by Crippen LogP contribution is -2.57. The number of amides is 2. The summed E-state index contributed by atoms with van der Waals surface area (Å²) in [6.07, 6.45) is 1.88. The molecule has 3 rings (SSSR count). The normalized spacial score (nSPS) is 25.5. The summed E-state index contributed by atoms with van der Waals surface area (Å²) in [5.41, 5.74) is 1.31. The van der Waals surface area contributed by atoms with Crippen molar-refractivity contribution in [2.75, 3.05) is 51.1 Å². The van der Waals surface area contributed by atoms with E-state index in [0.717, 1.165) is 43.7 Å². The Bertz CT molecular complexity index is 564. The number of aliphatic hydroxyl groups is 1. The van der Waals surface area contributed by atoms with E-state index in [9.17, 15) is 9.90 Å². The molecule has 0 aromatic heterocycles. The topological polar surface area (TPSA) is 67.8 Å². The van der Waals surface area contributed by atoms with Crippen molar-refractivity contribution in [3.8, 4) is 0 Å². The van der Waals surface area contributed by atoms with Gasteiger partial charge in [0.1, 0.15) is 0 Å². The molecule has 6 nitrogen and oxygen atoms in total. The predicted octanol–water partition coefficient (Wildman–Crippen LogP) is 1.26. The molecule has 2 aliphatic heterocycles. The molecule has 2 amide bonds. The van der Waals surface area contributed by atoms with E-state index in [4.69, 9.17) is 0 Å². The fourth-order valence-electron chi connectivity index (χ4n) is 3.52. The monoisotopic (exact) mass is 332 g/mol. The number of anilines is 1. The summed E-state index contributed by atoms with van der Waals surface area (Å²) in [6, 6.07) is 7.78. The number of rotatable bonds is 3. The van der Waals surface area contributed by atoms with Gasteiger partial charge in [0.2, 0.25) is 0 Å². The number of urea groups is 1. The molecule has 24 heavy (non-hydrogen) atoms. The van der Waals surface area contributed by atoms with Gasteiger partial charge in [-0.3, -0.25) is 4.90 Å². The van der Waals surface area contributed by atoms with Gasteiger partial charge in [0.05, 0.1) is 5.60 Å². The van der Waals surface area contributed by atoms with Crippen molar-refractivity contribution in [3.63, 3.8) is 0 Å². The van der Waals surface area contributed by atoms with Crippen molar-refractivity contribution in [2.24, 2.45) is 0 Å². The van der Waals surface area contributed by atoms with Crippen molar-refractivity contribution >= 4 is 11.7 Å². The SMILES string of the molecule is Cc1ccccc1NC(=O)N1CCN(C[C@]2(O)CCCNC2)CC1. The lowest BCUT2D eigenvalue weighted by atomic mass is 9.93. The van der Waals surface area contributed by atoms with E-state index in [0.29, 0.717) is 26.2 Å². The zero-order chi connectivity index (χ0) is 17.0.